The van der Waals surface area contributed by atoms with Crippen LogP contribution in [0.4, 0.5) is 0 Å². The van der Waals surface area contributed by atoms with Crippen molar-refractivity contribution in [3.8, 4) is 0 Å². The topological polar surface area (TPSA) is 29.5 Å². The van der Waals surface area contributed by atoms with Crippen LogP contribution >= 0.6 is 0 Å². The second-order valence-electron chi connectivity index (χ2n) is 3.55. The summed E-state index contributed by atoms with van der Waals surface area (Å²) in [5.41, 5.74) is -0.733. The van der Waals surface area contributed by atoms with Crippen molar-refractivity contribution in [1.29, 1.82) is 0 Å². The lowest BCUT2D eigenvalue weighted by Crippen LogP contribution is -2.41. The van der Waals surface area contributed by atoms with Gasteiger partial charge in [-0.2, -0.15) is 0 Å². The van der Waals surface area contributed by atoms with Gasteiger partial charge in [-0.1, -0.05) is 13.8 Å². The fourth-order valence-corrected chi connectivity index (χ4v) is 1.38. The lowest BCUT2D eigenvalue weighted by atomic mass is 9.92. The molecule has 2 nitrogen and oxygen atoms in total. The standard InChI is InChI=1S/C8H18O2/c1-6(2)7(10-5)8(3,4)9/h6-7,9H,1-5H3. The van der Waals surface area contributed by atoms with Crippen LogP contribution in [0.3, 0.4) is 0 Å². The molecule has 0 aliphatic rings. The Morgan fingerprint density at radius 2 is 1.70 bits per heavy atom. The van der Waals surface area contributed by atoms with E-state index in [0.717, 1.165) is 0 Å². The van der Waals surface area contributed by atoms with Gasteiger partial charge in [0.2, 0.25) is 0 Å². The Bertz CT molecular complexity index is 91.9. The summed E-state index contributed by atoms with van der Waals surface area (Å²) >= 11 is 0. The van der Waals surface area contributed by atoms with Crippen LogP contribution in [0.1, 0.15) is 27.7 Å². The molecule has 0 aliphatic carbocycles. The van der Waals surface area contributed by atoms with E-state index in [1.807, 2.05) is 13.8 Å². The second-order valence-corrected chi connectivity index (χ2v) is 3.55. The van der Waals surface area contributed by atoms with Crippen molar-refractivity contribution in [3.63, 3.8) is 0 Å². The van der Waals surface area contributed by atoms with Crippen LogP contribution in [0.2, 0.25) is 0 Å². The Kier molecular flexibility index (Phi) is 3.33. The molecule has 0 aromatic rings. The highest BCUT2D eigenvalue weighted by Crippen LogP contribution is 2.18. The molecule has 0 saturated carbocycles. The first-order chi connectivity index (χ1) is 4.39. The van der Waals surface area contributed by atoms with Crippen molar-refractivity contribution < 1.29 is 9.84 Å². The highest BCUT2D eigenvalue weighted by atomic mass is 16.5. The predicted octanol–water partition coefficient (Wildman–Crippen LogP) is 1.43. The van der Waals surface area contributed by atoms with Crippen molar-refractivity contribution in [2.45, 2.75) is 39.4 Å². The number of hydrogen-bond donors (Lipinski definition) is 1. The van der Waals surface area contributed by atoms with Crippen LogP contribution in [0, 0.1) is 5.92 Å². The molecule has 0 aromatic carbocycles. The summed E-state index contributed by atoms with van der Waals surface area (Å²) in [7, 11) is 1.63. The smallest absolute Gasteiger partial charge is 0.0875 e. The van der Waals surface area contributed by atoms with E-state index in [4.69, 9.17) is 4.74 Å². The molecule has 0 radical (unpaired) electrons. The van der Waals surface area contributed by atoms with E-state index in [-0.39, 0.29) is 6.10 Å². The van der Waals surface area contributed by atoms with E-state index in [1.165, 1.54) is 0 Å². The van der Waals surface area contributed by atoms with E-state index in [9.17, 15) is 5.11 Å². The number of aliphatic hydroxyl groups is 1. The molecule has 0 bridgehead atoms. The number of ether oxygens (including phenoxy) is 1. The largest absolute Gasteiger partial charge is 0.388 e. The second kappa shape index (κ2) is 3.35. The lowest BCUT2D eigenvalue weighted by molar-refractivity contribution is -0.0908. The van der Waals surface area contributed by atoms with Crippen molar-refractivity contribution in [3.05, 3.63) is 0 Å². The zero-order chi connectivity index (χ0) is 8.36. The highest BCUT2D eigenvalue weighted by molar-refractivity contribution is 4.79. The van der Waals surface area contributed by atoms with Gasteiger partial charge in [-0.05, 0) is 19.8 Å². The minimum Gasteiger partial charge on any atom is -0.388 e. The molecule has 0 aromatic heterocycles. The molecule has 10 heavy (non-hydrogen) atoms. The maximum atomic E-state index is 9.52. The molecule has 0 fully saturated rings. The van der Waals surface area contributed by atoms with Crippen LogP contribution in [-0.4, -0.2) is 23.9 Å². The summed E-state index contributed by atoms with van der Waals surface area (Å²) in [6.45, 7) is 7.60. The van der Waals surface area contributed by atoms with E-state index in [1.54, 1.807) is 21.0 Å². The van der Waals surface area contributed by atoms with E-state index >= 15 is 0 Å². The summed E-state index contributed by atoms with van der Waals surface area (Å²) in [5.74, 6) is 0.352. The van der Waals surface area contributed by atoms with Gasteiger partial charge >= 0.3 is 0 Å². The average Bonchev–Trinajstić information content (AvgIpc) is 1.60. The molecule has 0 rings (SSSR count). The summed E-state index contributed by atoms with van der Waals surface area (Å²) in [6, 6.07) is 0. The average molecular weight is 146 g/mol. The first-order valence-electron chi connectivity index (χ1n) is 3.64. The zero-order valence-corrected chi connectivity index (χ0v) is 7.51. The fraction of sp³-hybridized carbons (Fsp3) is 1.00. The quantitative estimate of drug-likeness (QED) is 0.652. The van der Waals surface area contributed by atoms with Gasteiger partial charge in [0.15, 0.2) is 0 Å². The first kappa shape index (κ1) is 9.92. The third-order valence-corrected chi connectivity index (χ3v) is 1.56. The van der Waals surface area contributed by atoms with E-state index < -0.39 is 5.60 Å². The minimum absolute atomic E-state index is 0.0764. The number of methoxy groups -OCH3 is 1. The van der Waals surface area contributed by atoms with Gasteiger partial charge in [-0.25, -0.2) is 0 Å². The van der Waals surface area contributed by atoms with Crippen LogP contribution in [0.5, 0.6) is 0 Å². The Labute approximate surface area is 63.2 Å². The minimum atomic E-state index is -0.733. The zero-order valence-electron chi connectivity index (χ0n) is 7.51. The van der Waals surface area contributed by atoms with Crippen LogP contribution < -0.4 is 0 Å². The SMILES string of the molecule is COC(C(C)C)C(C)(C)O. The van der Waals surface area contributed by atoms with Gasteiger partial charge in [-0.3, -0.25) is 0 Å². The summed E-state index contributed by atoms with van der Waals surface area (Å²) < 4.78 is 5.13. The third kappa shape index (κ3) is 2.67. The maximum Gasteiger partial charge on any atom is 0.0875 e. The van der Waals surface area contributed by atoms with Crippen molar-refractivity contribution in [2.24, 2.45) is 5.92 Å². The van der Waals surface area contributed by atoms with Gasteiger partial charge in [-0.15, -0.1) is 0 Å². The molecule has 2 heteroatoms. The molecule has 1 atom stereocenters. The van der Waals surface area contributed by atoms with Gasteiger partial charge in [0.25, 0.3) is 0 Å². The molecule has 62 valence electrons. The molecule has 0 aliphatic heterocycles. The Morgan fingerprint density at radius 1 is 1.30 bits per heavy atom. The highest BCUT2D eigenvalue weighted by Gasteiger charge is 2.28. The van der Waals surface area contributed by atoms with Crippen molar-refractivity contribution in [2.75, 3.05) is 7.11 Å². The van der Waals surface area contributed by atoms with Gasteiger partial charge < -0.3 is 9.84 Å². The van der Waals surface area contributed by atoms with Gasteiger partial charge in [0, 0.05) is 7.11 Å². The molecular formula is C8H18O2. The third-order valence-electron chi connectivity index (χ3n) is 1.56. The number of hydrogen-bond acceptors (Lipinski definition) is 2. The van der Waals surface area contributed by atoms with Crippen molar-refractivity contribution >= 4 is 0 Å². The maximum absolute atomic E-state index is 9.52. The molecule has 0 amide bonds. The first-order valence-corrected chi connectivity index (χ1v) is 3.64. The van der Waals surface area contributed by atoms with Crippen LogP contribution in [-0.2, 0) is 4.74 Å². The lowest BCUT2D eigenvalue weighted by Gasteiger charge is -2.30. The summed E-state index contributed by atoms with van der Waals surface area (Å²) in [5, 5.41) is 9.52. The van der Waals surface area contributed by atoms with Gasteiger partial charge in [0.05, 0.1) is 11.7 Å². The molecule has 0 saturated heterocycles. The Balaban J connectivity index is 4.07. The monoisotopic (exact) mass is 146 g/mol. The van der Waals surface area contributed by atoms with E-state index in [2.05, 4.69) is 0 Å². The van der Waals surface area contributed by atoms with E-state index in [0.29, 0.717) is 5.92 Å². The molecular weight excluding hydrogens is 128 g/mol. The molecule has 0 heterocycles. The van der Waals surface area contributed by atoms with Crippen LogP contribution in [0.25, 0.3) is 0 Å². The number of rotatable bonds is 3. The predicted molar refractivity (Wildman–Crippen MR) is 41.9 cm³/mol. The summed E-state index contributed by atoms with van der Waals surface area (Å²) in [6.07, 6.45) is -0.0764. The summed E-state index contributed by atoms with van der Waals surface area (Å²) in [4.78, 5) is 0. The Hall–Kier alpha value is -0.0800. The molecule has 1 N–H and O–H groups in total. The van der Waals surface area contributed by atoms with Gasteiger partial charge in [0.1, 0.15) is 0 Å². The normalized spacial score (nSPS) is 15.9. The molecule has 1 unspecified atom stereocenters. The van der Waals surface area contributed by atoms with Crippen LogP contribution in [0.15, 0.2) is 0 Å². The molecule has 0 spiro atoms. The Morgan fingerprint density at radius 3 is 1.70 bits per heavy atom. The van der Waals surface area contributed by atoms with Crippen molar-refractivity contribution in [1.82, 2.24) is 0 Å². The fourth-order valence-electron chi connectivity index (χ4n) is 1.38.